The fourth-order valence-electron chi connectivity index (χ4n) is 2.73. The van der Waals surface area contributed by atoms with Gasteiger partial charge in [-0.15, -0.1) is 15.7 Å². The number of aryl methyl sites for hydroxylation is 1. The van der Waals surface area contributed by atoms with E-state index in [1.54, 1.807) is 6.92 Å². The van der Waals surface area contributed by atoms with Crippen LogP contribution in [0.15, 0.2) is 26.9 Å². The smallest absolute Gasteiger partial charge is 0.387 e. The van der Waals surface area contributed by atoms with Gasteiger partial charge in [0.2, 0.25) is 0 Å². The van der Waals surface area contributed by atoms with Crippen LogP contribution in [-0.4, -0.2) is 26.9 Å². The second-order valence-electron chi connectivity index (χ2n) is 7.57. The van der Waals surface area contributed by atoms with Crippen LogP contribution in [0.25, 0.3) is 0 Å². The monoisotopic (exact) mass is 476 g/mol. The molecule has 2 amide bonds. The molecule has 2 rings (SSSR count). The van der Waals surface area contributed by atoms with Crippen LogP contribution < -0.4 is 15.2 Å². The number of ether oxygens (including phenoxy) is 1. The summed E-state index contributed by atoms with van der Waals surface area (Å²) in [5.74, 6) is -0.156. The number of aromatic nitrogens is 1. The van der Waals surface area contributed by atoms with Crippen molar-refractivity contribution >= 4 is 33.0 Å². The molecule has 8 nitrogen and oxygen atoms in total. The van der Waals surface area contributed by atoms with E-state index in [9.17, 15) is 22.9 Å². The number of carbonyl (C=O) groups excluding carboxylic acids is 1. The predicted molar refractivity (Wildman–Crippen MR) is 116 cm³/mol. The fraction of sp³-hybridized carbons (Fsp3) is 0.474. The van der Waals surface area contributed by atoms with Crippen molar-refractivity contribution in [1.82, 2.24) is 4.98 Å². The maximum atomic E-state index is 12.8. The molecule has 0 bridgehead atoms. The molecule has 4 N–H and O–H groups in total. The summed E-state index contributed by atoms with van der Waals surface area (Å²) in [7, 11) is -3.61. The zero-order chi connectivity index (χ0) is 23.6. The number of hydrogen-bond donors (Lipinski definition) is 3. The van der Waals surface area contributed by atoms with Crippen molar-refractivity contribution in [2.75, 3.05) is 5.32 Å². The summed E-state index contributed by atoms with van der Waals surface area (Å²) in [6.07, 6.45) is 1.63. The van der Waals surface area contributed by atoms with Gasteiger partial charge >= 0.3 is 12.6 Å². The van der Waals surface area contributed by atoms with Gasteiger partial charge in [0.25, 0.3) is 0 Å². The van der Waals surface area contributed by atoms with Crippen molar-refractivity contribution in [1.29, 1.82) is 0 Å². The average molecular weight is 477 g/mol. The number of aliphatic hydroxyl groups is 1. The zero-order valence-electron chi connectivity index (χ0n) is 17.8. The maximum absolute atomic E-state index is 12.8. The average Bonchev–Trinajstić information content (AvgIpc) is 3.13. The Labute approximate surface area is 184 Å². The van der Waals surface area contributed by atoms with Gasteiger partial charge in [0.15, 0.2) is 9.92 Å². The van der Waals surface area contributed by atoms with Crippen LogP contribution in [0, 0.1) is 0 Å². The first-order valence-corrected chi connectivity index (χ1v) is 11.8. The summed E-state index contributed by atoms with van der Waals surface area (Å²) < 4.78 is 46.3. The number of carbonyl (C=O) groups is 1. The van der Waals surface area contributed by atoms with E-state index in [0.29, 0.717) is 23.2 Å². The number of nitrogens with zero attached hydrogens (tertiary/aromatic N) is 2. The topological polar surface area (TPSA) is 127 Å². The molecule has 0 aliphatic heterocycles. The molecule has 0 aliphatic carbocycles. The number of nitrogens with two attached hydrogens (primary N) is 1. The second-order valence-corrected chi connectivity index (χ2v) is 10.6. The number of benzene rings is 1. The molecule has 0 aliphatic rings. The van der Waals surface area contributed by atoms with Gasteiger partial charge in [0, 0.05) is 5.69 Å². The number of anilines is 1. The zero-order valence-corrected chi connectivity index (χ0v) is 19.4. The molecule has 0 spiro atoms. The normalized spacial score (nSPS) is 13.9. The second kappa shape index (κ2) is 9.55. The molecule has 1 atom stereocenters. The van der Waals surface area contributed by atoms with Crippen LogP contribution in [-0.2, 0) is 21.9 Å². The first kappa shape index (κ1) is 25.1. The first-order chi connectivity index (χ1) is 14.2. The van der Waals surface area contributed by atoms with E-state index < -0.39 is 28.2 Å². The molecule has 172 valence electrons. The minimum absolute atomic E-state index is 0.0167. The SMILES string of the molecule is CCc1cc(OC(F)F)cc(C(C)C)c1NC(=O)N=[S@@](N)(=O)c1cnc(C(C)(C)O)s1. The molecule has 1 heterocycles. The van der Waals surface area contributed by atoms with E-state index in [-0.39, 0.29) is 20.9 Å². The Bertz CT molecular complexity index is 1070. The van der Waals surface area contributed by atoms with Gasteiger partial charge in [0.1, 0.15) is 20.6 Å². The Balaban J connectivity index is 2.42. The van der Waals surface area contributed by atoms with Gasteiger partial charge in [-0.1, -0.05) is 20.8 Å². The minimum Gasteiger partial charge on any atom is -0.435 e. The summed E-state index contributed by atoms with van der Waals surface area (Å²) in [6, 6.07) is 1.88. The minimum atomic E-state index is -3.61. The third-order valence-electron chi connectivity index (χ3n) is 4.20. The van der Waals surface area contributed by atoms with Gasteiger partial charge in [-0.05, 0) is 49.4 Å². The van der Waals surface area contributed by atoms with Gasteiger partial charge in [0.05, 0.1) is 6.20 Å². The molecule has 0 saturated carbocycles. The third kappa shape index (κ3) is 6.42. The lowest BCUT2D eigenvalue weighted by atomic mass is 9.96. The first-order valence-electron chi connectivity index (χ1n) is 9.40. The van der Waals surface area contributed by atoms with E-state index in [0.717, 1.165) is 11.3 Å². The van der Waals surface area contributed by atoms with Crippen LogP contribution in [0.4, 0.5) is 19.3 Å². The fourth-order valence-corrected chi connectivity index (χ4v) is 4.79. The van der Waals surface area contributed by atoms with Crippen molar-refractivity contribution in [2.24, 2.45) is 9.50 Å². The maximum Gasteiger partial charge on any atom is 0.387 e. The Hall–Kier alpha value is -2.15. The number of thiazole rings is 1. The Morgan fingerprint density at radius 3 is 2.55 bits per heavy atom. The summed E-state index contributed by atoms with van der Waals surface area (Å²) in [4.78, 5) is 16.5. The summed E-state index contributed by atoms with van der Waals surface area (Å²) in [5.41, 5.74) is 0.232. The molecule has 0 unspecified atom stereocenters. The number of halogens is 2. The van der Waals surface area contributed by atoms with Crippen molar-refractivity contribution in [3.8, 4) is 5.75 Å². The van der Waals surface area contributed by atoms with Crippen LogP contribution in [0.3, 0.4) is 0 Å². The molecule has 0 fully saturated rings. The van der Waals surface area contributed by atoms with E-state index in [2.05, 4.69) is 19.4 Å². The van der Waals surface area contributed by atoms with E-state index in [1.807, 2.05) is 13.8 Å². The highest BCUT2D eigenvalue weighted by molar-refractivity contribution is 7.93. The van der Waals surface area contributed by atoms with E-state index in [1.165, 1.54) is 32.2 Å². The van der Waals surface area contributed by atoms with Crippen LogP contribution >= 0.6 is 11.3 Å². The predicted octanol–water partition coefficient (Wildman–Crippen LogP) is 4.59. The number of nitrogens with one attached hydrogen (secondary N) is 1. The largest absolute Gasteiger partial charge is 0.435 e. The molecule has 12 heteroatoms. The number of alkyl halides is 2. The molecule has 0 radical (unpaired) electrons. The highest BCUT2D eigenvalue weighted by Crippen LogP contribution is 2.34. The van der Waals surface area contributed by atoms with Crippen molar-refractivity contribution < 1.29 is 27.6 Å². The highest BCUT2D eigenvalue weighted by atomic mass is 32.2. The Kier molecular flexibility index (Phi) is 7.74. The number of rotatable bonds is 7. The van der Waals surface area contributed by atoms with Gasteiger partial charge in [-0.3, -0.25) is 0 Å². The molecule has 1 aromatic carbocycles. The summed E-state index contributed by atoms with van der Waals surface area (Å²) in [6.45, 7) is 5.50. The molecule has 31 heavy (non-hydrogen) atoms. The highest BCUT2D eigenvalue weighted by Gasteiger charge is 2.24. The van der Waals surface area contributed by atoms with Crippen molar-refractivity contribution in [3.05, 3.63) is 34.5 Å². The summed E-state index contributed by atoms with van der Waals surface area (Å²) >= 11 is 0.895. The van der Waals surface area contributed by atoms with Crippen LogP contribution in [0.1, 0.15) is 56.7 Å². The number of urea groups is 1. The summed E-state index contributed by atoms with van der Waals surface area (Å²) in [5, 5.41) is 18.7. The van der Waals surface area contributed by atoms with Crippen LogP contribution in [0.5, 0.6) is 5.75 Å². The van der Waals surface area contributed by atoms with Crippen molar-refractivity contribution in [2.45, 2.75) is 63.4 Å². The Morgan fingerprint density at radius 1 is 1.42 bits per heavy atom. The van der Waals surface area contributed by atoms with E-state index in [4.69, 9.17) is 5.14 Å². The molecule has 0 saturated heterocycles. The quantitative estimate of drug-likeness (QED) is 0.539. The number of amides is 2. The third-order valence-corrected chi connectivity index (χ3v) is 7.39. The van der Waals surface area contributed by atoms with Gasteiger partial charge in [-0.25, -0.2) is 19.1 Å². The lowest BCUT2D eigenvalue weighted by molar-refractivity contribution is -0.0499. The van der Waals surface area contributed by atoms with Crippen LogP contribution in [0.2, 0.25) is 0 Å². The van der Waals surface area contributed by atoms with Gasteiger partial charge < -0.3 is 15.2 Å². The molecule has 1 aromatic heterocycles. The van der Waals surface area contributed by atoms with Gasteiger partial charge in [-0.2, -0.15) is 8.78 Å². The molecular formula is C19H26F2N4O4S2. The molecule has 2 aromatic rings. The lowest BCUT2D eigenvalue weighted by Gasteiger charge is -2.19. The molecular weight excluding hydrogens is 450 g/mol. The number of hydrogen-bond acceptors (Lipinski definition) is 6. The standard InChI is InChI=1S/C19H26F2N4O4S2/c1-6-11-7-12(29-17(20)21)8-13(10(2)3)15(11)24-18(26)25-31(22,28)14-9-23-16(30-14)19(4,5)27/h7-10,17,27H,6H2,1-5H3,(H3,22,24,25,26,28)/t31-/m1/s1. The van der Waals surface area contributed by atoms with E-state index >= 15 is 0 Å². The Morgan fingerprint density at radius 2 is 2.06 bits per heavy atom. The van der Waals surface area contributed by atoms with Crippen molar-refractivity contribution in [3.63, 3.8) is 0 Å². The lowest BCUT2D eigenvalue weighted by Crippen LogP contribution is -2.18.